The van der Waals surface area contributed by atoms with Gasteiger partial charge in [0.2, 0.25) is 0 Å². The standard InChI is InChI=1S/C11H25N3/c1-10(4-6-12)8-14-7-5-11(9-14)13(2)3/h10-11H,4-9,12H2,1-3H3. The predicted octanol–water partition coefficient (Wildman–Crippen LogP) is 0.607. The smallest absolute Gasteiger partial charge is 0.0229 e. The van der Waals surface area contributed by atoms with Crippen LogP contribution >= 0.6 is 0 Å². The summed E-state index contributed by atoms with van der Waals surface area (Å²) < 4.78 is 0. The number of likely N-dealkylation sites (N-methyl/N-ethyl adjacent to an activating group) is 1. The lowest BCUT2D eigenvalue weighted by Gasteiger charge is -2.22. The minimum Gasteiger partial charge on any atom is -0.330 e. The summed E-state index contributed by atoms with van der Waals surface area (Å²) in [7, 11) is 4.36. The van der Waals surface area contributed by atoms with E-state index in [-0.39, 0.29) is 0 Å². The summed E-state index contributed by atoms with van der Waals surface area (Å²) in [5.74, 6) is 0.751. The fourth-order valence-corrected chi connectivity index (χ4v) is 2.22. The lowest BCUT2D eigenvalue weighted by Crippen LogP contribution is -2.33. The average molecular weight is 199 g/mol. The largest absolute Gasteiger partial charge is 0.330 e. The third-order valence-corrected chi connectivity index (χ3v) is 3.21. The highest BCUT2D eigenvalue weighted by Crippen LogP contribution is 2.15. The molecule has 0 aromatic carbocycles. The molecule has 84 valence electrons. The minimum atomic E-state index is 0.751. The highest BCUT2D eigenvalue weighted by atomic mass is 15.2. The van der Waals surface area contributed by atoms with Crippen molar-refractivity contribution in [2.24, 2.45) is 11.7 Å². The first-order valence-corrected chi connectivity index (χ1v) is 5.72. The van der Waals surface area contributed by atoms with Crippen molar-refractivity contribution in [3.8, 4) is 0 Å². The van der Waals surface area contributed by atoms with Gasteiger partial charge < -0.3 is 15.5 Å². The van der Waals surface area contributed by atoms with Gasteiger partial charge in [-0.3, -0.25) is 0 Å². The molecule has 0 aromatic heterocycles. The zero-order valence-corrected chi connectivity index (χ0v) is 9.87. The molecule has 0 aromatic rings. The Balaban J connectivity index is 2.21. The van der Waals surface area contributed by atoms with E-state index in [1.54, 1.807) is 0 Å². The molecule has 0 saturated carbocycles. The third kappa shape index (κ3) is 3.56. The Morgan fingerprint density at radius 3 is 2.71 bits per heavy atom. The van der Waals surface area contributed by atoms with Crippen LogP contribution in [-0.4, -0.2) is 56.1 Å². The molecule has 1 aliphatic heterocycles. The maximum absolute atomic E-state index is 5.55. The molecule has 0 amide bonds. The van der Waals surface area contributed by atoms with Crippen molar-refractivity contribution in [3.05, 3.63) is 0 Å². The molecule has 2 N–H and O–H groups in total. The number of nitrogens with zero attached hydrogens (tertiary/aromatic N) is 2. The van der Waals surface area contributed by atoms with Crippen molar-refractivity contribution in [1.82, 2.24) is 9.80 Å². The quantitative estimate of drug-likeness (QED) is 0.704. The second-order valence-electron chi connectivity index (χ2n) is 4.85. The van der Waals surface area contributed by atoms with Gasteiger partial charge >= 0.3 is 0 Å². The van der Waals surface area contributed by atoms with Gasteiger partial charge in [-0.05, 0) is 45.9 Å². The Hall–Kier alpha value is -0.120. The first-order chi connectivity index (χ1) is 6.63. The van der Waals surface area contributed by atoms with Crippen LogP contribution in [0.2, 0.25) is 0 Å². The second-order valence-corrected chi connectivity index (χ2v) is 4.85. The molecular weight excluding hydrogens is 174 g/mol. The van der Waals surface area contributed by atoms with E-state index in [9.17, 15) is 0 Å². The van der Waals surface area contributed by atoms with E-state index in [1.165, 1.54) is 26.1 Å². The Kier molecular flexibility index (Phi) is 4.85. The first-order valence-electron chi connectivity index (χ1n) is 5.72. The molecule has 0 aliphatic carbocycles. The number of likely N-dealkylation sites (tertiary alicyclic amines) is 1. The van der Waals surface area contributed by atoms with Crippen LogP contribution in [0, 0.1) is 5.92 Å². The summed E-state index contributed by atoms with van der Waals surface area (Å²) in [6, 6.07) is 0.764. The lowest BCUT2D eigenvalue weighted by molar-refractivity contribution is 0.244. The maximum Gasteiger partial charge on any atom is 0.0229 e. The molecule has 2 atom stereocenters. The topological polar surface area (TPSA) is 32.5 Å². The van der Waals surface area contributed by atoms with Crippen molar-refractivity contribution in [1.29, 1.82) is 0 Å². The molecule has 0 bridgehead atoms. The molecule has 0 radical (unpaired) electrons. The lowest BCUT2D eigenvalue weighted by atomic mass is 10.1. The van der Waals surface area contributed by atoms with Gasteiger partial charge in [0, 0.05) is 19.1 Å². The first kappa shape index (κ1) is 12.0. The number of hydrogen-bond acceptors (Lipinski definition) is 3. The van der Waals surface area contributed by atoms with E-state index in [2.05, 4.69) is 30.8 Å². The van der Waals surface area contributed by atoms with Crippen molar-refractivity contribution in [3.63, 3.8) is 0 Å². The fourth-order valence-electron chi connectivity index (χ4n) is 2.22. The number of hydrogen-bond donors (Lipinski definition) is 1. The van der Waals surface area contributed by atoms with Crippen LogP contribution in [0.4, 0.5) is 0 Å². The van der Waals surface area contributed by atoms with Gasteiger partial charge in [-0.1, -0.05) is 6.92 Å². The molecule has 3 heteroatoms. The van der Waals surface area contributed by atoms with Gasteiger partial charge in [0.15, 0.2) is 0 Å². The average Bonchev–Trinajstić information content (AvgIpc) is 2.53. The number of nitrogens with two attached hydrogens (primary N) is 1. The van der Waals surface area contributed by atoms with Gasteiger partial charge in [-0.2, -0.15) is 0 Å². The summed E-state index contributed by atoms with van der Waals surface area (Å²) >= 11 is 0. The van der Waals surface area contributed by atoms with E-state index in [0.717, 1.165) is 24.9 Å². The van der Waals surface area contributed by atoms with Gasteiger partial charge in [0.05, 0.1) is 0 Å². The van der Waals surface area contributed by atoms with Crippen LogP contribution in [0.15, 0.2) is 0 Å². The van der Waals surface area contributed by atoms with Crippen molar-refractivity contribution in [2.75, 3.05) is 40.3 Å². The van der Waals surface area contributed by atoms with Gasteiger partial charge in [-0.25, -0.2) is 0 Å². The maximum atomic E-state index is 5.55. The Morgan fingerprint density at radius 2 is 2.21 bits per heavy atom. The Labute approximate surface area is 88.2 Å². The van der Waals surface area contributed by atoms with E-state index in [0.29, 0.717) is 0 Å². The summed E-state index contributed by atoms with van der Waals surface area (Å²) in [6.45, 7) is 6.85. The fraction of sp³-hybridized carbons (Fsp3) is 1.00. The molecule has 1 rings (SSSR count). The van der Waals surface area contributed by atoms with Gasteiger partial charge in [0.1, 0.15) is 0 Å². The monoisotopic (exact) mass is 199 g/mol. The van der Waals surface area contributed by atoms with Gasteiger partial charge in [-0.15, -0.1) is 0 Å². The molecular formula is C11H25N3. The zero-order chi connectivity index (χ0) is 10.6. The van der Waals surface area contributed by atoms with Crippen LogP contribution in [-0.2, 0) is 0 Å². The van der Waals surface area contributed by atoms with Crippen molar-refractivity contribution >= 4 is 0 Å². The zero-order valence-electron chi connectivity index (χ0n) is 9.87. The summed E-state index contributed by atoms with van der Waals surface area (Å²) in [4.78, 5) is 4.92. The van der Waals surface area contributed by atoms with E-state index in [1.807, 2.05) is 0 Å². The van der Waals surface area contributed by atoms with Crippen molar-refractivity contribution in [2.45, 2.75) is 25.8 Å². The number of rotatable bonds is 5. The van der Waals surface area contributed by atoms with E-state index < -0.39 is 0 Å². The molecule has 1 heterocycles. The molecule has 1 saturated heterocycles. The summed E-state index contributed by atoms with van der Waals surface area (Å²) in [5.41, 5.74) is 5.55. The summed E-state index contributed by atoms with van der Waals surface area (Å²) in [6.07, 6.45) is 2.48. The van der Waals surface area contributed by atoms with Crippen molar-refractivity contribution < 1.29 is 0 Å². The minimum absolute atomic E-state index is 0.751. The highest BCUT2D eigenvalue weighted by molar-refractivity contribution is 4.81. The van der Waals surface area contributed by atoms with Crippen LogP contribution in [0.3, 0.4) is 0 Å². The van der Waals surface area contributed by atoms with Gasteiger partial charge in [0.25, 0.3) is 0 Å². The predicted molar refractivity (Wildman–Crippen MR) is 61.4 cm³/mol. The second kappa shape index (κ2) is 5.69. The van der Waals surface area contributed by atoms with Crippen LogP contribution in [0.25, 0.3) is 0 Å². The van der Waals surface area contributed by atoms with Crippen LogP contribution in [0.1, 0.15) is 19.8 Å². The molecule has 1 aliphatic rings. The van der Waals surface area contributed by atoms with Crippen LogP contribution < -0.4 is 5.73 Å². The Bertz CT molecular complexity index is 159. The molecule has 3 nitrogen and oxygen atoms in total. The summed E-state index contributed by atoms with van der Waals surface area (Å²) in [5, 5.41) is 0. The van der Waals surface area contributed by atoms with Crippen LogP contribution in [0.5, 0.6) is 0 Å². The third-order valence-electron chi connectivity index (χ3n) is 3.21. The SMILES string of the molecule is CC(CCN)CN1CCC(N(C)C)C1. The molecule has 0 spiro atoms. The van der Waals surface area contributed by atoms with E-state index in [4.69, 9.17) is 5.73 Å². The molecule has 14 heavy (non-hydrogen) atoms. The highest BCUT2D eigenvalue weighted by Gasteiger charge is 2.24. The molecule has 1 fully saturated rings. The normalized spacial score (nSPS) is 25.9. The Morgan fingerprint density at radius 1 is 1.50 bits per heavy atom. The molecule has 2 unspecified atom stereocenters. The van der Waals surface area contributed by atoms with E-state index >= 15 is 0 Å².